The van der Waals surface area contributed by atoms with Gasteiger partial charge in [0.1, 0.15) is 6.04 Å². The third kappa shape index (κ3) is 6.44. The van der Waals surface area contributed by atoms with Crippen molar-refractivity contribution in [3.8, 4) is 0 Å². The maximum Gasteiger partial charge on any atom is 0.321 e. The van der Waals surface area contributed by atoms with Crippen molar-refractivity contribution in [2.24, 2.45) is 5.73 Å². The number of rotatable bonds is 8. The van der Waals surface area contributed by atoms with Crippen LogP contribution in [0, 0.1) is 0 Å². The summed E-state index contributed by atoms with van der Waals surface area (Å²) in [5.41, 5.74) is 5.31. The molecule has 0 aromatic rings. The van der Waals surface area contributed by atoms with E-state index in [2.05, 4.69) is 5.32 Å². The van der Waals surface area contributed by atoms with Crippen LogP contribution in [0.4, 0.5) is 0 Å². The molecule has 8 heteroatoms. The molecule has 1 atom stereocenters. The minimum Gasteiger partial charge on any atom is -0.480 e. The van der Waals surface area contributed by atoms with Gasteiger partial charge in [-0.15, -0.1) is 11.8 Å². The first kappa shape index (κ1) is 15.8. The minimum absolute atomic E-state index is 0.0286. The number of carbonyl (C=O) groups is 3. The number of carbonyl (C=O) groups excluding carboxylic acids is 2. The Morgan fingerprint density at radius 3 is 2.63 bits per heavy atom. The highest BCUT2D eigenvalue weighted by Crippen LogP contribution is 2.18. The van der Waals surface area contributed by atoms with Gasteiger partial charge in [0.05, 0.1) is 12.3 Å². The molecule has 1 aliphatic rings. The zero-order valence-corrected chi connectivity index (χ0v) is 11.6. The van der Waals surface area contributed by atoms with E-state index in [9.17, 15) is 14.4 Å². The first-order chi connectivity index (χ1) is 8.90. The van der Waals surface area contributed by atoms with Crippen molar-refractivity contribution in [2.75, 3.05) is 25.1 Å². The Kier molecular flexibility index (Phi) is 6.10. The van der Waals surface area contributed by atoms with Crippen molar-refractivity contribution in [1.29, 1.82) is 0 Å². The number of likely N-dealkylation sites (N-methyl/N-ethyl adjacent to an activating group) is 1. The van der Waals surface area contributed by atoms with Crippen LogP contribution in [0.25, 0.3) is 0 Å². The molecule has 1 fully saturated rings. The highest BCUT2D eigenvalue weighted by atomic mass is 32.2. The molecular formula is C11H19N3O4S. The predicted octanol–water partition coefficient (Wildman–Crippen LogP) is -1.13. The Morgan fingerprint density at radius 2 is 2.11 bits per heavy atom. The lowest BCUT2D eigenvalue weighted by molar-refractivity contribution is -0.138. The standard InChI is InChI=1S/C11H19N3O4S/c1-14(4-9(15)13-7-2-3-7)10(16)6-19-5-8(12)11(17)18/h7-8H,2-6,12H2,1H3,(H,13,15)(H,17,18)/t8-/m1/s1. The van der Waals surface area contributed by atoms with Gasteiger partial charge in [-0.05, 0) is 12.8 Å². The number of carboxylic acid groups (broad SMARTS) is 1. The average Bonchev–Trinajstić information content (AvgIpc) is 3.11. The first-order valence-corrected chi connectivity index (χ1v) is 7.15. The van der Waals surface area contributed by atoms with E-state index in [4.69, 9.17) is 10.8 Å². The maximum absolute atomic E-state index is 11.7. The molecule has 1 rings (SSSR count). The second kappa shape index (κ2) is 7.34. The molecule has 0 bridgehead atoms. The van der Waals surface area contributed by atoms with Crippen LogP contribution in [-0.4, -0.2) is 65.0 Å². The van der Waals surface area contributed by atoms with Gasteiger partial charge in [-0.1, -0.05) is 0 Å². The lowest BCUT2D eigenvalue weighted by atomic mass is 10.4. The Labute approximate surface area is 115 Å². The van der Waals surface area contributed by atoms with E-state index < -0.39 is 12.0 Å². The third-order valence-electron chi connectivity index (χ3n) is 2.59. The summed E-state index contributed by atoms with van der Waals surface area (Å²) in [4.78, 5) is 34.9. The quantitative estimate of drug-likeness (QED) is 0.521. The monoisotopic (exact) mass is 289 g/mol. The van der Waals surface area contributed by atoms with Gasteiger partial charge in [-0.2, -0.15) is 0 Å². The van der Waals surface area contributed by atoms with Crippen molar-refractivity contribution >= 4 is 29.5 Å². The van der Waals surface area contributed by atoms with E-state index in [0.717, 1.165) is 24.6 Å². The summed E-state index contributed by atoms with van der Waals surface area (Å²) >= 11 is 1.15. The zero-order chi connectivity index (χ0) is 14.4. The normalized spacial score (nSPS) is 15.7. The second-order valence-electron chi connectivity index (χ2n) is 4.55. The number of amides is 2. The van der Waals surface area contributed by atoms with Crippen LogP contribution in [0.2, 0.25) is 0 Å². The van der Waals surface area contributed by atoms with Crippen molar-refractivity contribution in [1.82, 2.24) is 10.2 Å². The molecule has 0 aromatic carbocycles. The fourth-order valence-corrected chi connectivity index (χ4v) is 2.17. The van der Waals surface area contributed by atoms with Gasteiger partial charge in [0.25, 0.3) is 0 Å². The fourth-order valence-electron chi connectivity index (χ4n) is 1.26. The Bertz CT molecular complexity index is 360. The SMILES string of the molecule is CN(CC(=O)NC1CC1)C(=O)CSC[C@@H](N)C(=O)O. The molecule has 1 aliphatic carbocycles. The van der Waals surface area contributed by atoms with Crippen LogP contribution < -0.4 is 11.1 Å². The molecule has 0 saturated heterocycles. The second-order valence-corrected chi connectivity index (χ2v) is 5.58. The summed E-state index contributed by atoms with van der Waals surface area (Å²) in [5.74, 6) is -1.17. The zero-order valence-electron chi connectivity index (χ0n) is 10.8. The molecule has 108 valence electrons. The lowest BCUT2D eigenvalue weighted by Crippen LogP contribution is -2.40. The van der Waals surface area contributed by atoms with Gasteiger partial charge in [0.2, 0.25) is 11.8 Å². The van der Waals surface area contributed by atoms with Gasteiger partial charge in [0, 0.05) is 18.8 Å². The van der Waals surface area contributed by atoms with Gasteiger partial charge in [-0.3, -0.25) is 14.4 Å². The van der Waals surface area contributed by atoms with Gasteiger partial charge < -0.3 is 21.1 Å². The Morgan fingerprint density at radius 1 is 1.47 bits per heavy atom. The van der Waals surface area contributed by atoms with Crippen LogP contribution in [0.5, 0.6) is 0 Å². The molecule has 2 amide bonds. The van der Waals surface area contributed by atoms with E-state index in [1.807, 2.05) is 0 Å². The molecule has 0 spiro atoms. The number of hydrogen-bond donors (Lipinski definition) is 3. The van der Waals surface area contributed by atoms with Crippen molar-refractivity contribution in [2.45, 2.75) is 24.9 Å². The Balaban J connectivity index is 2.16. The largest absolute Gasteiger partial charge is 0.480 e. The number of aliphatic carboxylic acids is 1. The van der Waals surface area contributed by atoms with Crippen molar-refractivity contribution in [3.05, 3.63) is 0 Å². The lowest BCUT2D eigenvalue weighted by Gasteiger charge is -2.16. The van der Waals surface area contributed by atoms with E-state index in [0.29, 0.717) is 0 Å². The van der Waals surface area contributed by atoms with Crippen LogP contribution in [0.15, 0.2) is 0 Å². The van der Waals surface area contributed by atoms with E-state index in [-0.39, 0.29) is 35.9 Å². The first-order valence-electron chi connectivity index (χ1n) is 5.99. The van der Waals surface area contributed by atoms with Gasteiger partial charge in [-0.25, -0.2) is 0 Å². The molecule has 7 nitrogen and oxygen atoms in total. The summed E-state index contributed by atoms with van der Waals surface area (Å²) in [6.07, 6.45) is 2.01. The molecule has 0 aliphatic heterocycles. The van der Waals surface area contributed by atoms with Crippen molar-refractivity contribution in [3.63, 3.8) is 0 Å². The highest BCUT2D eigenvalue weighted by molar-refractivity contribution is 8.00. The molecule has 0 radical (unpaired) electrons. The third-order valence-corrected chi connectivity index (χ3v) is 3.64. The molecule has 0 heterocycles. The molecule has 0 aromatic heterocycles. The minimum atomic E-state index is -1.09. The number of thioether (sulfide) groups is 1. The summed E-state index contributed by atoms with van der Waals surface area (Å²) < 4.78 is 0. The number of nitrogens with zero attached hydrogens (tertiary/aromatic N) is 1. The molecule has 19 heavy (non-hydrogen) atoms. The number of nitrogens with one attached hydrogen (secondary N) is 1. The highest BCUT2D eigenvalue weighted by Gasteiger charge is 2.24. The summed E-state index contributed by atoms with van der Waals surface area (Å²) in [6.45, 7) is 0.0286. The molecule has 4 N–H and O–H groups in total. The van der Waals surface area contributed by atoms with E-state index in [1.54, 1.807) is 7.05 Å². The topological polar surface area (TPSA) is 113 Å². The van der Waals surface area contributed by atoms with Crippen LogP contribution in [0.1, 0.15) is 12.8 Å². The van der Waals surface area contributed by atoms with Crippen LogP contribution in [0.3, 0.4) is 0 Å². The molecule has 1 saturated carbocycles. The number of carboxylic acids is 1. The van der Waals surface area contributed by atoms with Gasteiger partial charge in [0.15, 0.2) is 0 Å². The molecular weight excluding hydrogens is 270 g/mol. The number of hydrogen-bond acceptors (Lipinski definition) is 5. The predicted molar refractivity (Wildman–Crippen MR) is 71.7 cm³/mol. The van der Waals surface area contributed by atoms with Crippen LogP contribution >= 0.6 is 11.8 Å². The van der Waals surface area contributed by atoms with E-state index >= 15 is 0 Å². The van der Waals surface area contributed by atoms with E-state index in [1.165, 1.54) is 4.90 Å². The van der Waals surface area contributed by atoms with Gasteiger partial charge >= 0.3 is 5.97 Å². The summed E-state index contributed by atoms with van der Waals surface area (Å²) in [5, 5.41) is 11.4. The smallest absolute Gasteiger partial charge is 0.321 e. The fraction of sp³-hybridized carbons (Fsp3) is 0.727. The number of nitrogens with two attached hydrogens (primary N) is 1. The average molecular weight is 289 g/mol. The van der Waals surface area contributed by atoms with Crippen molar-refractivity contribution < 1.29 is 19.5 Å². The molecule has 0 unspecified atom stereocenters. The Hall–Kier alpha value is -1.28. The summed E-state index contributed by atoms with van der Waals surface area (Å²) in [6, 6.07) is -0.694. The summed E-state index contributed by atoms with van der Waals surface area (Å²) in [7, 11) is 1.55. The van der Waals surface area contributed by atoms with Crippen LogP contribution in [-0.2, 0) is 14.4 Å². The maximum atomic E-state index is 11.7.